The Balaban J connectivity index is 1.33. The first kappa shape index (κ1) is 18.0. The minimum Gasteiger partial charge on any atom is -0.455 e. The Kier molecular flexibility index (Phi) is 4.62. The molecule has 5 atom stereocenters. The lowest BCUT2D eigenvalue weighted by Crippen LogP contribution is -2.56. The summed E-state index contributed by atoms with van der Waals surface area (Å²) in [5.41, 5.74) is 0.660. The Labute approximate surface area is 163 Å². The number of hydrogen-bond acceptors (Lipinski definition) is 3. The van der Waals surface area contributed by atoms with Gasteiger partial charge in [-0.2, -0.15) is 0 Å². The van der Waals surface area contributed by atoms with Crippen molar-refractivity contribution in [3.63, 3.8) is 0 Å². The molecule has 4 aliphatic rings. The molecular weight excluding hydrogens is 394 g/mol. The third-order valence-electron chi connectivity index (χ3n) is 6.43. The standard InChI is InChI=1S/C21H26BrNO3/c1-14(17-5-3-2-4-6-17)23-18(24)12-26-19(25)20-8-15-7-16(9-20)11-21(22,10-15)13-20/h2-6,14-16H,7-13H2,1H3,(H,23,24)/t14-,15-,16+,20?,21?/m0/s1. The number of ether oxygens (including phenoxy) is 1. The first-order chi connectivity index (χ1) is 12.4. The van der Waals surface area contributed by atoms with Crippen LogP contribution in [0.5, 0.6) is 0 Å². The molecule has 0 aromatic heterocycles. The molecule has 5 heteroatoms. The van der Waals surface area contributed by atoms with Crippen LogP contribution in [-0.4, -0.2) is 22.8 Å². The molecule has 4 aliphatic carbocycles. The van der Waals surface area contributed by atoms with Crippen molar-refractivity contribution in [1.29, 1.82) is 0 Å². The van der Waals surface area contributed by atoms with Gasteiger partial charge in [0.05, 0.1) is 11.5 Å². The van der Waals surface area contributed by atoms with E-state index in [1.807, 2.05) is 37.3 Å². The number of rotatable bonds is 5. The largest absolute Gasteiger partial charge is 0.455 e. The van der Waals surface area contributed by atoms with E-state index >= 15 is 0 Å². The van der Waals surface area contributed by atoms with Crippen LogP contribution in [0.25, 0.3) is 0 Å². The number of halogens is 1. The highest BCUT2D eigenvalue weighted by Gasteiger charge is 2.60. The van der Waals surface area contributed by atoms with E-state index in [2.05, 4.69) is 21.2 Å². The smallest absolute Gasteiger partial charge is 0.312 e. The lowest BCUT2D eigenvalue weighted by molar-refractivity contribution is -0.171. The number of benzene rings is 1. The van der Waals surface area contributed by atoms with Gasteiger partial charge in [0.25, 0.3) is 5.91 Å². The molecule has 0 spiro atoms. The van der Waals surface area contributed by atoms with Crippen LogP contribution in [0.3, 0.4) is 0 Å². The van der Waals surface area contributed by atoms with E-state index in [1.165, 1.54) is 19.3 Å². The third kappa shape index (κ3) is 3.42. The second-order valence-electron chi connectivity index (χ2n) is 8.67. The zero-order chi connectivity index (χ0) is 18.4. The maximum Gasteiger partial charge on any atom is 0.312 e. The molecule has 4 nitrogen and oxygen atoms in total. The van der Waals surface area contributed by atoms with Crippen molar-refractivity contribution in [3.05, 3.63) is 35.9 Å². The Morgan fingerprint density at radius 2 is 1.85 bits per heavy atom. The highest BCUT2D eigenvalue weighted by molar-refractivity contribution is 9.10. The SMILES string of the molecule is C[C@H](NC(=O)COC(=O)C12C[C@@H]3C[C@@H](CC(Br)(C3)C1)C2)c1ccccc1. The molecule has 1 N–H and O–H groups in total. The summed E-state index contributed by atoms with van der Waals surface area (Å²) in [6.45, 7) is 1.74. The van der Waals surface area contributed by atoms with Crippen molar-refractivity contribution >= 4 is 27.8 Å². The number of alkyl halides is 1. The third-order valence-corrected chi connectivity index (χ3v) is 7.36. The van der Waals surface area contributed by atoms with Gasteiger partial charge in [0.15, 0.2) is 6.61 Å². The number of carbonyl (C=O) groups is 2. The average Bonchev–Trinajstić information content (AvgIpc) is 2.58. The molecule has 4 saturated carbocycles. The summed E-state index contributed by atoms with van der Waals surface area (Å²) in [7, 11) is 0. The van der Waals surface area contributed by atoms with Crippen LogP contribution in [0.15, 0.2) is 30.3 Å². The van der Waals surface area contributed by atoms with Crippen molar-refractivity contribution in [3.8, 4) is 0 Å². The summed E-state index contributed by atoms with van der Waals surface area (Å²) in [4.78, 5) is 25.1. The molecule has 4 bridgehead atoms. The molecule has 1 aromatic carbocycles. The second kappa shape index (κ2) is 6.66. The Morgan fingerprint density at radius 1 is 1.19 bits per heavy atom. The summed E-state index contributed by atoms with van der Waals surface area (Å²) in [5, 5.41) is 2.91. The number of hydrogen-bond donors (Lipinski definition) is 1. The summed E-state index contributed by atoms with van der Waals surface area (Å²) in [6, 6.07) is 9.68. The van der Waals surface area contributed by atoms with E-state index < -0.39 is 0 Å². The first-order valence-corrected chi connectivity index (χ1v) is 10.4. The van der Waals surface area contributed by atoms with Gasteiger partial charge in [-0.1, -0.05) is 46.3 Å². The van der Waals surface area contributed by atoms with Crippen LogP contribution in [0.1, 0.15) is 57.1 Å². The van der Waals surface area contributed by atoms with Crippen LogP contribution in [0.2, 0.25) is 0 Å². The lowest BCUT2D eigenvalue weighted by Gasteiger charge is -2.58. The van der Waals surface area contributed by atoms with Gasteiger partial charge in [-0.3, -0.25) is 9.59 Å². The van der Waals surface area contributed by atoms with E-state index in [-0.39, 0.29) is 34.3 Å². The summed E-state index contributed by atoms with van der Waals surface area (Å²) >= 11 is 3.91. The number of amides is 1. The average molecular weight is 420 g/mol. The van der Waals surface area contributed by atoms with Gasteiger partial charge in [-0.05, 0) is 62.8 Å². The van der Waals surface area contributed by atoms with Crippen molar-refractivity contribution in [2.75, 3.05) is 6.61 Å². The van der Waals surface area contributed by atoms with Gasteiger partial charge in [0.2, 0.25) is 0 Å². The van der Waals surface area contributed by atoms with Gasteiger partial charge in [0.1, 0.15) is 0 Å². The fraction of sp³-hybridized carbons (Fsp3) is 0.619. The number of esters is 1. The van der Waals surface area contributed by atoms with Gasteiger partial charge in [-0.15, -0.1) is 0 Å². The topological polar surface area (TPSA) is 55.4 Å². The minimum atomic E-state index is -0.376. The Morgan fingerprint density at radius 3 is 2.46 bits per heavy atom. The fourth-order valence-corrected chi connectivity index (χ4v) is 7.23. The molecule has 1 aromatic rings. The Hall–Kier alpha value is -1.36. The van der Waals surface area contributed by atoms with Crippen molar-refractivity contribution < 1.29 is 14.3 Å². The van der Waals surface area contributed by atoms with Crippen molar-refractivity contribution in [1.82, 2.24) is 5.32 Å². The molecule has 5 rings (SSSR count). The molecule has 0 saturated heterocycles. The van der Waals surface area contributed by atoms with E-state index in [1.54, 1.807) is 0 Å². The maximum absolute atomic E-state index is 12.9. The number of carbonyl (C=O) groups excluding carboxylic acids is 2. The molecule has 0 aliphatic heterocycles. The summed E-state index contributed by atoms with van der Waals surface area (Å²) < 4.78 is 5.61. The molecule has 4 fully saturated rings. The highest BCUT2D eigenvalue weighted by Crippen LogP contribution is 2.64. The quantitative estimate of drug-likeness (QED) is 0.576. The van der Waals surface area contributed by atoms with Crippen LogP contribution in [0, 0.1) is 17.3 Å². The second-order valence-corrected chi connectivity index (χ2v) is 10.4. The highest BCUT2D eigenvalue weighted by atomic mass is 79.9. The molecular formula is C21H26BrNO3. The monoisotopic (exact) mass is 419 g/mol. The molecule has 0 heterocycles. The number of nitrogens with one attached hydrogen (secondary N) is 1. The van der Waals surface area contributed by atoms with Crippen LogP contribution >= 0.6 is 15.9 Å². The van der Waals surface area contributed by atoms with Crippen molar-refractivity contribution in [2.45, 2.75) is 55.8 Å². The molecule has 1 amide bonds. The maximum atomic E-state index is 12.9. The van der Waals surface area contributed by atoms with E-state index in [0.29, 0.717) is 11.8 Å². The predicted octanol–water partition coefficient (Wildman–Crippen LogP) is 4.14. The van der Waals surface area contributed by atoms with Crippen LogP contribution in [0.4, 0.5) is 0 Å². The normalized spacial score (nSPS) is 35.8. The van der Waals surface area contributed by atoms with Crippen LogP contribution in [-0.2, 0) is 14.3 Å². The van der Waals surface area contributed by atoms with Gasteiger partial charge >= 0.3 is 5.97 Å². The van der Waals surface area contributed by atoms with Crippen molar-refractivity contribution in [2.24, 2.45) is 17.3 Å². The lowest BCUT2D eigenvalue weighted by atomic mass is 9.49. The zero-order valence-electron chi connectivity index (χ0n) is 15.2. The van der Waals surface area contributed by atoms with Crippen LogP contribution < -0.4 is 5.32 Å². The van der Waals surface area contributed by atoms with E-state index in [9.17, 15) is 9.59 Å². The first-order valence-electron chi connectivity index (χ1n) is 9.58. The summed E-state index contributed by atoms with van der Waals surface area (Å²) in [6.07, 6.45) is 6.31. The van der Waals surface area contributed by atoms with Gasteiger partial charge in [0, 0.05) is 4.32 Å². The molecule has 26 heavy (non-hydrogen) atoms. The minimum absolute atomic E-state index is 0.104. The Bertz CT molecular complexity index is 690. The molecule has 140 valence electrons. The summed E-state index contributed by atoms with van der Waals surface area (Å²) in [5.74, 6) is 0.830. The molecule has 2 unspecified atom stereocenters. The fourth-order valence-electron chi connectivity index (χ4n) is 5.78. The molecule has 0 radical (unpaired) electrons. The van der Waals surface area contributed by atoms with E-state index in [4.69, 9.17) is 4.74 Å². The van der Waals surface area contributed by atoms with Gasteiger partial charge < -0.3 is 10.1 Å². The zero-order valence-corrected chi connectivity index (χ0v) is 16.8. The predicted molar refractivity (Wildman–Crippen MR) is 103 cm³/mol. The van der Waals surface area contributed by atoms with E-state index in [0.717, 1.165) is 24.8 Å². The van der Waals surface area contributed by atoms with Gasteiger partial charge in [-0.25, -0.2) is 0 Å².